The highest BCUT2D eigenvalue weighted by molar-refractivity contribution is 6.32. The van der Waals surface area contributed by atoms with E-state index in [4.69, 9.17) is 17.3 Å². The number of aliphatic imine (C=N–C) groups is 1. The molecule has 4 heteroatoms. The zero-order valence-corrected chi connectivity index (χ0v) is 12.5. The highest BCUT2D eigenvalue weighted by Gasteiger charge is 2.06. The Balaban J connectivity index is 2.03. The molecule has 3 nitrogen and oxygen atoms in total. The molecule has 1 aromatic heterocycles. The number of anilines is 1. The van der Waals surface area contributed by atoms with Crippen molar-refractivity contribution in [2.24, 2.45) is 4.99 Å². The van der Waals surface area contributed by atoms with Crippen LogP contribution in [0.25, 0.3) is 11.1 Å². The molecule has 2 aromatic carbocycles. The first-order chi connectivity index (χ1) is 10.8. The molecule has 3 rings (SSSR count). The zero-order chi connectivity index (χ0) is 15.4. The first-order valence-electron chi connectivity index (χ1n) is 6.83. The van der Waals surface area contributed by atoms with E-state index in [0.29, 0.717) is 10.7 Å². The molecule has 0 aliphatic heterocycles. The van der Waals surface area contributed by atoms with Crippen LogP contribution >= 0.6 is 11.6 Å². The molecule has 0 amide bonds. The summed E-state index contributed by atoms with van der Waals surface area (Å²) >= 11 is 6.08. The molecule has 0 atom stereocenters. The van der Waals surface area contributed by atoms with Gasteiger partial charge < -0.3 is 5.73 Å². The molecule has 108 valence electrons. The third-order valence-corrected chi connectivity index (χ3v) is 3.60. The van der Waals surface area contributed by atoms with E-state index in [0.717, 1.165) is 22.4 Å². The maximum Gasteiger partial charge on any atom is 0.0847 e. The van der Waals surface area contributed by atoms with Gasteiger partial charge in [0.25, 0.3) is 0 Å². The van der Waals surface area contributed by atoms with Crippen LogP contribution in [0.2, 0.25) is 5.02 Å². The van der Waals surface area contributed by atoms with Crippen LogP contribution in [0.4, 0.5) is 11.4 Å². The number of rotatable bonds is 3. The second-order valence-corrected chi connectivity index (χ2v) is 5.17. The summed E-state index contributed by atoms with van der Waals surface area (Å²) in [5.41, 5.74) is 10.5. The van der Waals surface area contributed by atoms with Crippen LogP contribution in [0.3, 0.4) is 0 Å². The predicted octanol–water partition coefficient (Wildman–Crippen LogP) is 4.73. The van der Waals surface area contributed by atoms with Crippen molar-refractivity contribution in [1.82, 2.24) is 4.98 Å². The summed E-state index contributed by atoms with van der Waals surface area (Å²) in [6.07, 6.45) is 5.04. The number of para-hydroxylation sites is 1. The van der Waals surface area contributed by atoms with Crippen LogP contribution in [0.15, 0.2) is 72.0 Å². The number of pyridine rings is 1. The number of aromatic nitrogens is 1. The molecule has 1 heterocycles. The fraction of sp³-hybridized carbons (Fsp3) is 0. The maximum absolute atomic E-state index is 6.08. The quantitative estimate of drug-likeness (QED) is 0.561. The van der Waals surface area contributed by atoms with Gasteiger partial charge in [0, 0.05) is 35.4 Å². The zero-order valence-electron chi connectivity index (χ0n) is 11.8. The second kappa shape index (κ2) is 6.41. The van der Waals surface area contributed by atoms with Crippen molar-refractivity contribution in [2.45, 2.75) is 0 Å². The van der Waals surface area contributed by atoms with Gasteiger partial charge in [0.15, 0.2) is 0 Å². The summed E-state index contributed by atoms with van der Waals surface area (Å²) in [7, 11) is 0. The Labute approximate surface area is 134 Å². The molecule has 22 heavy (non-hydrogen) atoms. The molecule has 0 saturated heterocycles. The lowest BCUT2D eigenvalue weighted by atomic mass is 9.99. The standard InChI is InChI=1S/C18H14ClN3/c19-16-12-21-10-9-18(16)22-11-13-5-1-2-6-14(13)15-7-3-4-8-17(15)20/h1-12H,20H2. The van der Waals surface area contributed by atoms with Crippen molar-refractivity contribution < 1.29 is 0 Å². The molecule has 0 unspecified atom stereocenters. The minimum atomic E-state index is 0.524. The molecule has 0 spiro atoms. The van der Waals surface area contributed by atoms with Crippen molar-refractivity contribution in [3.05, 3.63) is 77.6 Å². The van der Waals surface area contributed by atoms with Gasteiger partial charge in [0.2, 0.25) is 0 Å². The highest BCUT2D eigenvalue weighted by Crippen LogP contribution is 2.29. The number of nitrogen functional groups attached to an aromatic ring is 1. The van der Waals surface area contributed by atoms with Crippen LogP contribution in [-0.2, 0) is 0 Å². The van der Waals surface area contributed by atoms with E-state index in [9.17, 15) is 0 Å². The molecule has 0 aliphatic rings. The van der Waals surface area contributed by atoms with Crippen molar-refractivity contribution in [1.29, 1.82) is 0 Å². The molecule has 0 fully saturated rings. The maximum atomic E-state index is 6.08. The number of hydrogen-bond acceptors (Lipinski definition) is 3. The van der Waals surface area contributed by atoms with Gasteiger partial charge in [-0.2, -0.15) is 0 Å². The first kappa shape index (κ1) is 14.3. The lowest BCUT2D eigenvalue weighted by Crippen LogP contribution is -1.93. The Kier molecular flexibility index (Phi) is 4.17. The van der Waals surface area contributed by atoms with Gasteiger partial charge in [0.1, 0.15) is 0 Å². The van der Waals surface area contributed by atoms with Gasteiger partial charge in [-0.1, -0.05) is 54.1 Å². The lowest BCUT2D eigenvalue weighted by molar-refractivity contribution is 1.31. The Bertz CT molecular complexity index is 828. The normalized spacial score (nSPS) is 11.0. The Hall–Kier alpha value is -2.65. The summed E-state index contributed by atoms with van der Waals surface area (Å²) in [4.78, 5) is 8.41. The topological polar surface area (TPSA) is 51.3 Å². The van der Waals surface area contributed by atoms with Crippen molar-refractivity contribution in [3.63, 3.8) is 0 Å². The van der Waals surface area contributed by atoms with Gasteiger partial charge in [-0.05, 0) is 17.7 Å². The molecular weight excluding hydrogens is 294 g/mol. The molecular formula is C18H14ClN3. The van der Waals surface area contributed by atoms with E-state index in [-0.39, 0.29) is 0 Å². The van der Waals surface area contributed by atoms with Crippen LogP contribution in [0.1, 0.15) is 5.56 Å². The number of benzene rings is 2. The lowest BCUT2D eigenvalue weighted by Gasteiger charge is -2.08. The minimum absolute atomic E-state index is 0.524. The Morgan fingerprint density at radius 1 is 0.955 bits per heavy atom. The van der Waals surface area contributed by atoms with Crippen LogP contribution in [0.5, 0.6) is 0 Å². The molecule has 0 saturated carbocycles. The largest absolute Gasteiger partial charge is 0.398 e. The summed E-state index contributed by atoms with van der Waals surface area (Å²) < 4.78 is 0. The highest BCUT2D eigenvalue weighted by atomic mass is 35.5. The average molecular weight is 308 g/mol. The number of nitrogens with two attached hydrogens (primary N) is 1. The summed E-state index contributed by atoms with van der Waals surface area (Å²) in [6, 6.07) is 17.5. The predicted molar refractivity (Wildman–Crippen MR) is 92.8 cm³/mol. The average Bonchev–Trinajstić information content (AvgIpc) is 2.55. The van der Waals surface area contributed by atoms with Gasteiger partial charge in [-0.15, -0.1) is 0 Å². The third kappa shape index (κ3) is 3.00. The van der Waals surface area contributed by atoms with Gasteiger partial charge in [-0.3, -0.25) is 9.98 Å². The molecule has 0 radical (unpaired) electrons. The van der Waals surface area contributed by atoms with Crippen LogP contribution < -0.4 is 5.73 Å². The van der Waals surface area contributed by atoms with E-state index < -0.39 is 0 Å². The summed E-state index contributed by atoms with van der Waals surface area (Å²) in [5, 5.41) is 0.524. The van der Waals surface area contributed by atoms with Gasteiger partial charge in [0.05, 0.1) is 10.7 Å². The number of nitrogens with zero attached hydrogens (tertiary/aromatic N) is 2. The number of halogens is 1. The van der Waals surface area contributed by atoms with E-state index in [1.165, 1.54) is 0 Å². The van der Waals surface area contributed by atoms with Crippen molar-refractivity contribution in [2.75, 3.05) is 5.73 Å². The summed E-state index contributed by atoms with van der Waals surface area (Å²) in [6.45, 7) is 0. The first-order valence-corrected chi connectivity index (χ1v) is 7.21. The molecule has 2 N–H and O–H groups in total. The van der Waals surface area contributed by atoms with Crippen molar-refractivity contribution in [3.8, 4) is 11.1 Å². The summed E-state index contributed by atoms with van der Waals surface area (Å²) in [5.74, 6) is 0. The second-order valence-electron chi connectivity index (χ2n) is 4.76. The van der Waals surface area contributed by atoms with Gasteiger partial charge >= 0.3 is 0 Å². The van der Waals surface area contributed by atoms with Crippen LogP contribution in [0, 0.1) is 0 Å². The number of hydrogen-bond donors (Lipinski definition) is 1. The Morgan fingerprint density at radius 3 is 2.45 bits per heavy atom. The monoisotopic (exact) mass is 307 g/mol. The SMILES string of the molecule is Nc1ccccc1-c1ccccc1C=Nc1ccncc1Cl. The van der Waals surface area contributed by atoms with E-state index in [1.807, 2.05) is 48.5 Å². The fourth-order valence-electron chi connectivity index (χ4n) is 2.21. The minimum Gasteiger partial charge on any atom is -0.398 e. The van der Waals surface area contributed by atoms with Gasteiger partial charge in [-0.25, -0.2) is 0 Å². The smallest absolute Gasteiger partial charge is 0.0847 e. The molecule has 0 aliphatic carbocycles. The third-order valence-electron chi connectivity index (χ3n) is 3.31. The van der Waals surface area contributed by atoms with E-state index in [2.05, 4.69) is 9.98 Å². The van der Waals surface area contributed by atoms with Crippen LogP contribution in [-0.4, -0.2) is 11.2 Å². The van der Waals surface area contributed by atoms with E-state index >= 15 is 0 Å². The molecule has 0 bridgehead atoms. The fourth-order valence-corrected chi connectivity index (χ4v) is 2.38. The van der Waals surface area contributed by atoms with Crippen molar-refractivity contribution >= 4 is 29.2 Å². The molecule has 3 aromatic rings. The van der Waals surface area contributed by atoms with E-state index in [1.54, 1.807) is 24.7 Å². The Morgan fingerprint density at radius 2 is 1.68 bits per heavy atom.